The molecule has 0 fully saturated rings. The second kappa shape index (κ2) is 3.96. The summed E-state index contributed by atoms with van der Waals surface area (Å²) in [4.78, 5) is 0. The Morgan fingerprint density at radius 1 is 1.47 bits per heavy atom. The molecule has 1 heterocycles. The van der Waals surface area contributed by atoms with Crippen molar-refractivity contribution >= 4 is 0 Å². The SMILES string of the molecule is CC(N)C(O)c1ccc2c(c1F)CC(C)(C)O2. The zero-order chi connectivity index (χ0) is 12.8. The number of hydrogen-bond donors (Lipinski definition) is 2. The lowest BCUT2D eigenvalue weighted by molar-refractivity contribution is 0.138. The van der Waals surface area contributed by atoms with Gasteiger partial charge in [0.25, 0.3) is 0 Å². The third-order valence-electron chi connectivity index (χ3n) is 3.04. The van der Waals surface area contributed by atoms with Gasteiger partial charge in [0, 0.05) is 23.6 Å². The molecule has 1 aliphatic heterocycles. The number of aliphatic hydroxyl groups is 1. The lowest BCUT2D eigenvalue weighted by atomic mass is 9.96. The van der Waals surface area contributed by atoms with E-state index in [9.17, 15) is 9.50 Å². The molecule has 1 aromatic rings. The minimum absolute atomic E-state index is 0.250. The quantitative estimate of drug-likeness (QED) is 0.829. The highest BCUT2D eigenvalue weighted by Crippen LogP contribution is 2.38. The molecule has 0 saturated carbocycles. The summed E-state index contributed by atoms with van der Waals surface area (Å²) >= 11 is 0. The van der Waals surface area contributed by atoms with Gasteiger partial charge in [-0.2, -0.15) is 0 Å². The van der Waals surface area contributed by atoms with Gasteiger partial charge < -0.3 is 15.6 Å². The molecule has 0 aromatic heterocycles. The van der Waals surface area contributed by atoms with Crippen LogP contribution in [0.1, 0.15) is 38.0 Å². The molecular formula is C13H18FNO2. The van der Waals surface area contributed by atoms with Crippen molar-refractivity contribution in [2.45, 2.75) is 44.9 Å². The number of benzene rings is 1. The summed E-state index contributed by atoms with van der Waals surface area (Å²) in [5.41, 5.74) is 5.98. The Morgan fingerprint density at radius 2 is 2.12 bits per heavy atom. The van der Waals surface area contributed by atoms with Crippen LogP contribution in [-0.2, 0) is 6.42 Å². The Hall–Kier alpha value is -1.13. The van der Waals surface area contributed by atoms with Crippen molar-refractivity contribution in [3.8, 4) is 5.75 Å². The maximum Gasteiger partial charge on any atom is 0.136 e. The first-order chi connectivity index (χ1) is 7.82. The topological polar surface area (TPSA) is 55.5 Å². The van der Waals surface area contributed by atoms with E-state index < -0.39 is 18.0 Å². The first kappa shape index (κ1) is 12.3. The van der Waals surface area contributed by atoms with Crippen molar-refractivity contribution in [1.29, 1.82) is 0 Å². The lowest BCUT2D eigenvalue weighted by Gasteiger charge is -2.16. The Bertz CT molecular complexity index is 443. The zero-order valence-corrected chi connectivity index (χ0v) is 10.3. The van der Waals surface area contributed by atoms with Crippen LogP contribution >= 0.6 is 0 Å². The molecule has 2 atom stereocenters. The van der Waals surface area contributed by atoms with Crippen LogP contribution in [0.15, 0.2) is 12.1 Å². The van der Waals surface area contributed by atoms with Gasteiger partial charge in [0.15, 0.2) is 0 Å². The van der Waals surface area contributed by atoms with Crippen molar-refractivity contribution in [2.75, 3.05) is 0 Å². The van der Waals surface area contributed by atoms with E-state index in [1.807, 2.05) is 13.8 Å². The van der Waals surface area contributed by atoms with Crippen molar-refractivity contribution in [1.82, 2.24) is 0 Å². The van der Waals surface area contributed by atoms with Crippen LogP contribution in [0.3, 0.4) is 0 Å². The van der Waals surface area contributed by atoms with Crippen LogP contribution in [0.4, 0.5) is 4.39 Å². The third-order valence-corrected chi connectivity index (χ3v) is 3.04. The lowest BCUT2D eigenvalue weighted by Crippen LogP contribution is -2.25. The van der Waals surface area contributed by atoms with Gasteiger partial charge in [-0.3, -0.25) is 0 Å². The summed E-state index contributed by atoms with van der Waals surface area (Å²) in [6, 6.07) is 2.75. The molecule has 0 amide bonds. The Balaban J connectivity index is 2.42. The van der Waals surface area contributed by atoms with E-state index in [0.29, 0.717) is 17.7 Å². The van der Waals surface area contributed by atoms with Gasteiger partial charge in [-0.15, -0.1) is 0 Å². The molecule has 0 saturated heterocycles. The molecule has 4 heteroatoms. The number of aliphatic hydroxyl groups excluding tert-OH is 1. The van der Waals surface area contributed by atoms with Crippen LogP contribution in [0.2, 0.25) is 0 Å². The molecule has 3 N–H and O–H groups in total. The van der Waals surface area contributed by atoms with E-state index in [2.05, 4.69) is 0 Å². The molecule has 0 bridgehead atoms. The number of nitrogens with two attached hydrogens (primary N) is 1. The Labute approximate surface area is 100 Å². The number of ether oxygens (including phenoxy) is 1. The van der Waals surface area contributed by atoms with E-state index >= 15 is 0 Å². The van der Waals surface area contributed by atoms with Crippen molar-refractivity contribution in [2.24, 2.45) is 5.73 Å². The minimum atomic E-state index is -0.982. The molecule has 1 aliphatic rings. The second-order valence-corrected chi connectivity index (χ2v) is 5.29. The summed E-state index contributed by atoms with van der Waals surface area (Å²) in [5.74, 6) is 0.172. The number of rotatable bonds is 2. The zero-order valence-electron chi connectivity index (χ0n) is 10.3. The Morgan fingerprint density at radius 3 is 2.71 bits per heavy atom. The standard InChI is InChI=1S/C13H18FNO2/c1-7(15)12(16)8-4-5-10-9(11(8)14)6-13(2,3)17-10/h4-5,7,12,16H,6,15H2,1-3H3. The molecule has 2 rings (SSSR count). The highest BCUT2D eigenvalue weighted by molar-refractivity contribution is 5.44. The average Bonchev–Trinajstić information content (AvgIpc) is 2.53. The summed E-state index contributed by atoms with van der Waals surface area (Å²) in [5, 5.41) is 9.83. The monoisotopic (exact) mass is 239 g/mol. The summed E-state index contributed by atoms with van der Waals surface area (Å²) in [6.45, 7) is 5.47. The van der Waals surface area contributed by atoms with Crippen LogP contribution in [0, 0.1) is 5.82 Å². The van der Waals surface area contributed by atoms with E-state index in [1.165, 1.54) is 0 Å². The van der Waals surface area contributed by atoms with Gasteiger partial charge in [-0.25, -0.2) is 4.39 Å². The Kier molecular flexibility index (Phi) is 2.87. The summed E-state index contributed by atoms with van der Waals surface area (Å²) < 4.78 is 19.8. The number of hydrogen-bond acceptors (Lipinski definition) is 3. The fourth-order valence-corrected chi connectivity index (χ4v) is 2.15. The van der Waals surface area contributed by atoms with Gasteiger partial charge in [-0.1, -0.05) is 0 Å². The predicted octanol–water partition coefficient (Wildman–Crippen LogP) is 1.92. The van der Waals surface area contributed by atoms with Gasteiger partial charge in [0.1, 0.15) is 17.2 Å². The second-order valence-electron chi connectivity index (χ2n) is 5.29. The van der Waals surface area contributed by atoms with Crippen LogP contribution in [-0.4, -0.2) is 16.7 Å². The highest BCUT2D eigenvalue weighted by Gasteiger charge is 2.34. The maximum atomic E-state index is 14.2. The van der Waals surface area contributed by atoms with Crippen molar-refractivity contribution < 1.29 is 14.2 Å². The molecule has 0 spiro atoms. The number of halogens is 1. The van der Waals surface area contributed by atoms with E-state index in [-0.39, 0.29) is 11.2 Å². The van der Waals surface area contributed by atoms with Gasteiger partial charge >= 0.3 is 0 Å². The molecule has 2 unspecified atom stereocenters. The third kappa shape index (κ3) is 2.15. The summed E-state index contributed by atoms with van der Waals surface area (Å²) in [7, 11) is 0. The van der Waals surface area contributed by atoms with Crippen molar-refractivity contribution in [3.05, 3.63) is 29.1 Å². The minimum Gasteiger partial charge on any atom is -0.487 e. The van der Waals surface area contributed by atoms with Crippen LogP contribution in [0.25, 0.3) is 0 Å². The van der Waals surface area contributed by atoms with Crippen LogP contribution < -0.4 is 10.5 Å². The van der Waals surface area contributed by atoms with E-state index in [1.54, 1.807) is 19.1 Å². The molecule has 17 heavy (non-hydrogen) atoms. The first-order valence-electron chi connectivity index (χ1n) is 5.76. The molecular weight excluding hydrogens is 221 g/mol. The number of fused-ring (bicyclic) bond motifs is 1. The van der Waals surface area contributed by atoms with Crippen LogP contribution in [0.5, 0.6) is 5.75 Å². The molecule has 0 aliphatic carbocycles. The van der Waals surface area contributed by atoms with Gasteiger partial charge in [0.05, 0.1) is 6.10 Å². The molecule has 94 valence electrons. The predicted molar refractivity (Wildman–Crippen MR) is 63.4 cm³/mol. The smallest absolute Gasteiger partial charge is 0.136 e. The van der Waals surface area contributed by atoms with E-state index in [4.69, 9.17) is 10.5 Å². The molecule has 3 nitrogen and oxygen atoms in total. The summed E-state index contributed by atoms with van der Waals surface area (Å²) in [6.07, 6.45) is -0.475. The van der Waals surface area contributed by atoms with Gasteiger partial charge in [-0.05, 0) is 32.9 Å². The molecule has 1 aromatic carbocycles. The largest absolute Gasteiger partial charge is 0.487 e. The normalized spacial score (nSPS) is 20.6. The average molecular weight is 239 g/mol. The highest BCUT2D eigenvalue weighted by atomic mass is 19.1. The van der Waals surface area contributed by atoms with Gasteiger partial charge in [0.2, 0.25) is 0 Å². The maximum absolute atomic E-state index is 14.2. The van der Waals surface area contributed by atoms with E-state index in [0.717, 1.165) is 0 Å². The molecule has 0 radical (unpaired) electrons. The first-order valence-corrected chi connectivity index (χ1v) is 5.76. The van der Waals surface area contributed by atoms with Crippen molar-refractivity contribution in [3.63, 3.8) is 0 Å². The fraction of sp³-hybridized carbons (Fsp3) is 0.538. The fourth-order valence-electron chi connectivity index (χ4n) is 2.15.